The zero-order valence-electron chi connectivity index (χ0n) is 8.29. The van der Waals surface area contributed by atoms with Gasteiger partial charge in [0.25, 0.3) is 5.56 Å². The van der Waals surface area contributed by atoms with Gasteiger partial charge in [-0.1, -0.05) is 6.07 Å². The number of nitrogens with one attached hydrogen (secondary N) is 1. The Hall–Kier alpha value is -2.43. The van der Waals surface area contributed by atoms with E-state index in [0.29, 0.717) is 5.69 Å². The van der Waals surface area contributed by atoms with E-state index in [1.807, 2.05) is 24.4 Å². The average Bonchev–Trinajstić information content (AvgIpc) is 2.72. The standard InChI is InChI=1S/C11H8N4O/c16-11-7-12-6-9(14-11)8-5-13-15-4-2-1-3-10(8)15/h1-7H,(H,14,16). The Labute approximate surface area is 90.4 Å². The van der Waals surface area contributed by atoms with Crippen molar-refractivity contribution >= 4 is 5.52 Å². The molecule has 1 N–H and O–H groups in total. The highest BCUT2D eigenvalue weighted by Gasteiger charge is 2.06. The summed E-state index contributed by atoms with van der Waals surface area (Å²) >= 11 is 0. The molecule has 0 aliphatic heterocycles. The van der Waals surface area contributed by atoms with Gasteiger partial charge in [-0.25, -0.2) is 4.52 Å². The van der Waals surface area contributed by atoms with Crippen LogP contribution in [0.25, 0.3) is 16.8 Å². The maximum Gasteiger partial charge on any atom is 0.266 e. The quantitative estimate of drug-likeness (QED) is 0.656. The van der Waals surface area contributed by atoms with Crippen LogP contribution in [0, 0.1) is 0 Å². The first-order valence-corrected chi connectivity index (χ1v) is 4.82. The molecule has 0 fully saturated rings. The van der Waals surface area contributed by atoms with E-state index in [2.05, 4.69) is 15.1 Å². The van der Waals surface area contributed by atoms with Crippen molar-refractivity contribution in [1.82, 2.24) is 19.6 Å². The summed E-state index contributed by atoms with van der Waals surface area (Å²) in [6, 6.07) is 5.76. The highest BCUT2D eigenvalue weighted by molar-refractivity contribution is 5.76. The number of rotatable bonds is 1. The monoisotopic (exact) mass is 212 g/mol. The Balaban J connectivity index is 2.30. The summed E-state index contributed by atoms with van der Waals surface area (Å²) in [4.78, 5) is 17.8. The van der Waals surface area contributed by atoms with E-state index in [4.69, 9.17) is 0 Å². The molecule has 0 unspecified atom stereocenters. The predicted octanol–water partition coefficient (Wildman–Crippen LogP) is 1.08. The van der Waals surface area contributed by atoms with Crippen molar-refractivity contribution in [2.45, 2.75) is 0 Å². The van der Waals surface area contributed by atoms with Crippen LogP contribution in [-0.4, -0.2) is 19.6 Å². The van der Waals surface area contributed by atoms with E-state index in [9.17, 15) is 4.79 Å². The lowest BCUT2D eigenvalue weighted by Gasteiger charge is -1.97. The maximum atomic E-state index is 11.2. The first-order chi connectivity index (χ1) is 7.84. The molecule has 5 heteroatoms. The van der Waals surface area contributed by atoms with Crippen molar-refractivity contribution in [1.29, 1.82) is 0 Å². The molecule has 0 amide bonds. The van der Waals surface area contributed by atoms with Gasteiger partial charge < -0.3 is 4.98 Å². The van der Waals surface area contributed by atoms with Crippen molar-refractivity contribution in [3.05, 3.63) is 53.3 Å². The molecule has 5 nitrogen and oxygen atoms in total. The minimum absolute atomic E-state index is 0.215. The van der Waals surface area contributed by atoms with E-state index in [-0.39, 0.29) is 5.56 Å². The molecule has 3 aromatic heterocycles. The Morgan fingerprint density at radius 3 is 3.00 bits per heavy atom. The molecule has 0 radical (unpaired) electrons. The van der Waals surface area contributed by atoms with Gasteiger partial charge in [-0.15, -0.1) is 0 Å². The molecule has 3 heterocycles. The molecule has 3 aromatic rings. The van der Waals surface area contributed by atoms with Gasteiger partial charge in [0.05, 0.1) is 29.8 Å². The summed E-state index contributed by atoms with van der Waals surface area (Å²) in [5, 5.41) is 4.19. The zero-order valence-corrected chi connectivity index (χ0v) is 8.29. The Morgan fingerprint density at radius 2 is 2.12 bits per heavy atom. The van der Waals surface area contributed by atoms with E-state index >= 15 is 0 Å². The van der Waals surface area contributed by atoms with Crippen molar-refractivity contribution in [2.75, 3.05) is 0 Å². The second-order valence-corrected chi connectivity index (χ2v) is 3.40. The van der Waals surface area contributed by atoms with Gasteiger partial charge in [-0.05, 0) is 12.1 Å². The lowest BCUT2D eigenvalue weighted by atomic mass is 10.2. The molecular weight excluding hydrogens is 204 g/mol. The summed E-state index contributed by atoms with van der Waals surface area (Å²) in [6.07, 6.45) is 6.43. The smallest absolute Gasteiger partial charge is 0.266 e. The first-order valence-electron chi connectivity index (χ1n) is 4.82. The van der Waals surface area contributed by atoms with Crippen molar-refractivity contribution < 1.29 is 0 Å². The Bertz CT molecular complexity index is 698. The van der Waals surface area contributed by atoms with Crippen molar-refractivity contribution in [3.8, 4) is 11.3 Å². The fourth-order valence-corrected chi connectivity index (χ4v) is 1.66. The molecule has 0 aliphatic rings. The maximum absolute atomic E-state index is 11.2. The van der Waals surface area contributed by atoms with Crippen LogP contribution in [0.3, 0.4) is 0 Å². The minimum Gasteiger partial charge on any atom is -0.319 e. The van der Waals surface area contributed by atoms with Crippen LogP contribution >= 0.6 is 0 Å². The number of pyridine rings is 1. The number of hydrogen-bond acceptors (Lipinski definition) is 3. The predicted molar refractivity (Wildman–Crippen MR) is 59.0 cm³/mol. The van der Waals surface area contributed by atoms with Crippen LogP contribution in [0.4, 0.5) is 0 Å². The SMILES string of the molecule is O=c1cncc(-c2cnn3ccccc23)[nH]1. The number of nitrogens with zero attached hydrogens (tertiary/aromatic N) is 3. The highest BCUT2D eigenvalue weighted by Crippen LogP contribution is 2.20. The largest absolute Gasteiger partial charge is 0.319 e. The van der Waals surface area contributed by atoms with Gasteiger partial charge in [-0.3, -0.25) is 9.78 Å². The minimum atomic E-state index is -0.215. The third-order valence-electron chi connectivity index (χ3n) is 2.37. The zero-order chi connectivity index (χ0) is 11.0. The van der Waals surface area contributed by atoms with Gasteiger partial charge in [0, 0.05) is 11.8 Å². The summed E-state index contributed by atoms with van der Waals surface area (Å²) in [7, 11) is 0. The molecule has 0 spiro atoms. The van der Waals surface area contributed by atoms with Gasteiger partial charge >= 0.3 is 0 Å². The Kier molecular flexibility index (Phi) is 1.83. The van der Waals surface area contributed by atoms with Crippen LogP contribution in [0.1, 0.15) is 0 Å². The third kappa shape index (κ3) is 1.30. The molecule has 78 valence electrons. The Morgan fingerprint density at radius 1 is 1.19 bits per heavy atom. The van der Waals surface area contributed by atoms with E-state index < -0.39 is 0 Å². The van der Waals surface area contributed by atoms with E-state index in [0.717, 1.165) is 11.1 Å². The van der Waals surface area contributed by atoms with Crippen molar-refractivity contribution in [2.24, 2.45) is 0 Å². The summed E-state index contributed by atoms with van der Waals surface area (Å²) in [6.45, 7) is 0. The molecule has 0 aliphatic carbocycles. The molecule has 0 saturated carbocycles. The molecule has 16 heavy (non-hydrogen) atoms. The molecule has 0 aromatic carbocycles. The third-order valence-corrected chi connectivity index (χ3v) is 2.37. The topological polar surface area (TPSA) is 63.1 Å². The summed E-state index contributed by atoms with van der Waals surface area (Å²) < 4.78 is 1.75. The lowest BCUT2D eigenvalue weighted by Crippen LogP contribution is -2.05. The molecule has 0 saturated heterocycles. The van der Waals surface area contributed by atoms with Crippen LogP contribution in [0.2, 0.25) is 0 Å². The molecule has 0 bridgehead atoms. The lowest BCUT2D eigenvalue weighted by molar-refractivity contribution is 0.961. The van der Waals surface area contributed by atoms with Gasteiger partial charge in [0.2, 0.25) is 0 Å². The number of fused-ring (bicyclic) bond motifs is 1. The van der Waals surface area contributed by atoms with Gasteiger partial charge in [0.1, 0.15) is 0 Å². The van der Waals surface area contributed by atoms with Crippen LogP contribution < -0.4 is 5.56 Å². The van der Waals surface area contributed by atoms with Crippen LogP contribution in [-0.2, 0) is 0 Å². The number of hydrogen-bond donors (Lipinski definition) is 1. The summed E-state index contributed by atoms with van der Waals surface area (Å²) in [5.41, 5.74) is 2.26. The highest BCUT2D eigenvalue weighted by atomic mass is 16.1. The number of H-pyrrole nitrogens is 1. The molecular formula is C11H8N4O. The normalized spacial score (nSPS) is 10.8. The second kappa shape index (κ2) is 3.30. The average molecular weight is 212 g/mol. The molecule has 3 rings (SSSR count). The van der Waals surface area contributed by atoms with Crippen LogP contribution in [0.15, 0.2) is 47.8 Å². The van der Waals surface area contributed by atoms with Crippen LogP contribution in [0.5, 0.6) is 0 Å². The van der Waals surface area contributed by atoms with Gasteiger partial charge in [-0.2, -0.15) is 5.10 Å². The van der Waals surface area contributed by atoms with Gasteiger partial charge in [0.15, 0.2) is 0 Å². The van der Waals surface area contributed by atoms with E-state index in [1.54, 1.807) is 16.9 Å². The number of aromatic amines is 1. The van der Waals surface area contributed by atoms with E-state index in [1.165, 1.54) is 6.20 Å². The fraction of sp³-hybridized carbons (Fsp3) is 0. The first kappa shape index (κ1) is 8.84. The number of aromatic nitrogens is 4. The summed E-state index contributed by atoms with van der Waals surface area (Å²) in [5.74, 6) is 0. The second-order valence-electron chi connectivity index (χ2n) is 3.40. The van der Waals surface area contributed by atoms with Crippen molar-refractivity contribution in [3.63, 3.8) is 0 Å². The fourth-order valence-electron chi connectivity index (χ4n) is 1.66. The molecule has 0 atom stereocenters.